The van der Waals surface area contributed by atoms with Gasteiger partial charge in [-0.05, 0) is 42.7 Å². The summed E-state index contributed by atoms with van der Waals surface area (Å²) in [5, 5.41) is 2.79. The molecule has 0 spiro atoms. The second kappa shape index (κ2) is 7.32. The van der Waals surface area contributed by atoms with Gasteiger partial charge in [-0.1, -0.05) is 30.7 Å². The number of fused-ring (bicyclic) bond motifs is 1. The van der Waals surface area contributed by atoms with Gasteiger partial charge in [-0.3, -0.25) is 4.79 Å². The fraction of sp³-hybridized carbons (Fsp3) is 0.350. The molecule has 1 amide bonds. The molecule has 142 valence electrons. The summed E-state index contributed by atoms with van der Waals surface area (Å²) in [5.74, 6) is 0.442. The Labute approximate surface area is 159 Å². The van der Waals surface area contributed by atoms with Gasteiger partial charge in [0.05, 0.1) is 4.90 Å². The van der Waals surface area contributed by atoms with Gasteiger partial charge in [-0.15, -0.1) is 0 Å². The second-order valence-corrected chi connectivity index (χ2v) is 8.84. The molecule has 2 heterocycles. The molecular formula is C20H22N2O4S. The van der Waals surface area contributed by atoms with Gasteiger partial charge in [-0.25, -0.2) is 8.42 Å². The molecule has 0 radical (unpaired) electrons. The molecule has 7 heteroatoms. The molecule has 0 aliphatic carbocycles. The van der Waals surface area contributed by atoms with Gasteiger partial charge >= 0.3 is 0 Å². The predicted molar refractivity (Wildman–Crippen MR) is 102 cm³/mol. The highest BCUT2D eigenvalue weighted by Gasteiger charge is 2.30. The Balaban J connectivity index is 1.47. The summed E-state index contributed by atoms with van der Waals surface area (Å²) in [6.07, 6.45) is 2.73. The third-order valence-electron chi connectivity index (χ3n) is 4.99. The average Bonchev–Trinajstić information content (AvgIpc) is 3.13. The molecule has 1 atom stereocenters. The molecule has 1 fully saturated rings. The van der Waals surface area contributed by atoms with Gasteiger partial charge in [0.15, 0.2) is 6.10 Å². The molecule has 2 aromatic rings. The average molecular weight is 386 g/mol. The van der Waals surface area contributed by atoms with Crippen LogP contribution in [0.15, 0.2) is 53.4 Å². The number of nitrogens with zero attached hydrogens (tertiary/aromatic N) is 1. The largest absolute Gasteiger partial charge is 0.480 e. The predicted octanol–water partition coefficient (Wildman–Crippen LogP) is 2.80. The minimum absolute atomic E-state index is 0.206. The number of para-hydroxylation sites is 1. The number of benzene rings is 2. The van der Waals surface area contributed by atoms with E-state index in [1.807, 2.05) is 24.3 Å². The number of nitrogens with one attached hydrogen (secondary N) is 1. The quantitative estimate of drug-likeness (QED) is 0.877. The van der Waals surface area contributed by atoms with Gasteiger partial charge < -0.3 is 10.1 Å². The second-order valence-electron chi connectivity index (χ2n) is 6.90. The van der Waals surface area contributed by atoms with Crippen LogP contribution in [0.25, 0.3) is 0 Å². The maximum absolute atomic E-state index is 12.8. The smallest absolute Gasteiger partial charge is 0.265 e. The van der Waals surface area contributed by atoms with E-state index in [1.54, 1.807) is 18.2 Å². The van der Waals surface area contributed by atoms with E-state index in [9.17, 15) is 13.2 Å². The summed E-state index contributed by atoms with van der Waals surface area (Å²) in [6.45, 7) is 1.10. The number of carbonyl (C=O) groups is 1. The highest BCUT2D eigenvalue weighted by Crippen LogP contribution is 2.29. The molecule has 2 aliphatic heterocycles. The fourth-order valence-corrected chi connectivity index (χ4v) is 5.10. The van der Waals surface area contributed by atoms with Crippen LogP contribution in [0.3, 0.4) is 0 Å². The van der Waals surface area contributed by atoms with E-state index in [4.69, 9.17) is 4.74 Å². The third-order valence-corrected chi connectivity index (χ3v) is 6.89. The van der Waals surface area contributed by atoms with Gasteiger partial charge in [0, 0.05) is 25.2 Å². The molecular weight excluding hydrogens is 364 g/mol. The SMILES string of the molecule is O=C(Nc1cccc(S(=O)(=O)N2CCCCC2)c1)C1Cc2ccccc2O1. The van der Waals surface area contributed by atoms with Crippen molar-refractivity contribution >= 4 is 21.6 Å². The first-order chi connectivity index (χ1) is 13.0. The van der Waals surface area contributed by atoms with Crippen molar-refractivity contribution in [3.63, 3.8) is 0 Å². The van der Waals surface area contributed by atoms with Crippen LogP contribution in [-0.2, 0) is 21.2 Å². The summed E-state index contributed by atoms with van der Waals surface area (Å²) in [5.41, 5.74) is 1.46. The zero-order valence-corrected chi connectivity index (χ0v) is 15.7. The molecule has 2 aliphatic rings. The van der Waals surface area contributed by atoms with E-state index in [0.29, 0.717) is 25.2 Å². The van der Waals surface area contributed by atoms with Crippen molar-refractivity contribution in [2.75, 3.05) is 18.4 Å². The minimum atomic E-state index is -3.53. The lowest BCUT2D eigenvalue weighted by molar-refractivity contribution is -0.122. The third kappa shape index (κ3) is 3.70. The standard InChI is InChI=1S/C20H22N2O4S/c23-20(19-13-15-7-2-3-10-18(15)26-19)21-16-8-6-9-17(14-16)27(24,25)22-11-4-1-5-12-22/h2-3,6-10,14,19H,1,4-5,11-13H2,(H,21,23). The summed E-state index contributed by atoms with van der Waals surface area (Å²) >= 11 is 0. The number of hydrogen-bond acceptors (Lipinski definition) is 4. The van der Waals surface area contributed by atoms with E-state index in [-0.39, 0.29) is 10.8 Å². The van der Waals surface area contributed by atoms with Crippen molar-refractivity contribution in [3.8, 4) is 5.75 Å². The molecule has 2 aromatic carbocycles. The van der Waals surface area contributed by atoms with Crippen LogP contribution in [0.5, 0.6) is 5.75 Å². The van der Waals surface area contributed by atoms with Crippen molar-refractivity contribution in [1.82, 2.24) is 4.31 Å². The maximum atomic E-state index is 12.8. The highest BCUT2D eigenvalue weighted by atomic mass is 32.2. The number of ether oxygens (including phenoxy) is 1. The molecule has 0 saturated carbocycles. The number of rotatable bonds is 4. The summed E-state index contributed by atoms with van der Waals surface area (Å²) in [4.78, 5) is 12.8. The van der Waals surface area contributed by atoms with E-state index in [1.165, 1.54) is 10.4 Å². The molecule has 4 rings (SSSR count). The number of sulfonamides is 1. The van der Waals surface area contributed by atoms with Crippen molar-refractivity contribution < 1.29 is 17.9 Å². The summed E-state index contributed by atoms with van der Waals surface area (Å²) < 4.78 is 32.9. The zero-order chi connectivity index (χ0) is 18.9. The molecule has 1 saturated heterocycles. The van der Waals surface area contributed by atoms with Gasteiger partial charge in [0.25, 0.3) is 5.91 Å². The van der Waals surface area contributed by atoms with Crippen molar-refractivity contribution in [1.29, 1.82) is 0 Å². The molecule has 27 heavy (non-hydrogen) atoms. The Bertz CT molecular complexity index is 927. The number of hydrogen-bond donors (Lipinski definition) is 1. The first kappa shape index (κ1) is 18.0. The highest BCUT2D eigenvalue weighted by molar-refractivity contribution is 7.89. The van der Waals surface area contributed by atoms with E-state index in [2.05, 4.69) is 5.32 Å². The molecule has 0 bridgehead atoms. The van der Waals surface area contributed by atoms with Crippen LogP contribution in [0.2, 0.25) is 0 Å². The number of anilines is 1. The van der Waals surface area contributed by atoms with E-state index in [0.717, 1.165) is 30.6 Å². The normalized spacial score (nSPS) is 19.9. The van der Waals surface area contributed by atoms with Crippen LogP contribution in [0.4, 0.5) is 5.69 Å². The lowest BCUT2D eigenvalue weighted by Gasteiger charge is -2.26. The van der Waals surface area contributed by atoms with Gasteiger partial charge in [0.2, 0.25) is 10.0 Å². The topological polar surface area (TPSA) is 75.7 Å². The summed E-state index contributed by atoms with van der Waals surface area (Å²) in [7, 11) is -3.53. The van der Waals surface area contributed by atoms with Crippen LogP contribution in [0, 0.1) is 0 Å². The monoisotopic (exact) mass is 386 g/mol. The van der Waals surface area contributed by atoms with Crippen LogP contribution >= 0.6 is 0 Å². The van der Waals surface area contributed by atoms with Gasteiger partial charge in [0.1, 0.15) is 5.75 Å². The van der Waals surface area contributed by atoms with Crippen molar-refractivity contribution in [2.45, 2.75) is 36.7 Å². The number of carbonyl (C=O) groups excluding carboxylic acids is 1. The van der Waals surface area contributed by atoms with E-state index >= 15 is 0 Å². The Hall–Kier alpha value is -2.38. The fourth-order valence-electron chi connectivity index (χ4n) is 3.54. The molecule has 0 aromatic heterocycles. The molecule has 6 nitrogen and oxygen atoms in total. The lowest BCUT2D eigenvalue weighted by atomic mass is 10.1. The van der Waals surface area contributed by atoms with Crippen LogP contribution < -0.4 is 10.1 Å². The van der Waals surface area contributed by atoms with E-state index < -0.39 is 16.1 Å². The maximum Gasteiger partial charge on any atom is 0.265 e. The Kier molecular flexibility index (Phi) is 4.88. The van der Waals surface area contributed by atoms with Crippen molar-refractivity contribution in [2.24, 2.45) is 0 Å². The number of amides is 1. The van der Waals surface area contributed by atoms with Crippen LogP contribution in [0.1, 0.15) is 24.8 Å². The lowest BCUT2D eigenvalue weighted by Crippen LogP contribution is -2.35. The van der Waals surface area contributed by atoms with Crippen molar-refractivity contribution in [3.05, 3.63) is 54.1 Å². The Morgan fingerprint density at radius 1 is 1.04 bits per heavy atom. The van der Waals surface area contributed by atoms with Gasteiger partial charge in [-0.2, -0.15) is 4.31 Å². The summed E-state index contributed by atoms with van der Waals surface area (Å²) in [6, 6.07) is 14.0. The first-order valence-electron chi connectivity index (χ1n) is 9.20. The first-order valence-corrected chi connectivity index (χ1v) is 10.6. The Morgan fingerprint density at radius 3 is 2.59 bits per heavy atom. The minimum Gasteiger partial charge on any atom is -0.480 e. The number of piperidine rings is 1. The van der Waals surface area contributed by atoms with Crippen LogP contribution in [-0.4, -0.2) is 37.8 Å². The Morgan fingerprint density at radius 2 is 1.81 bits per heavy atom. The zero-order valence-electron chi connectivity index (χ0n) is 14.9. The molecule has 1 unspecified atom stereocenters. The molecule has 1 N–H and O–H groups in total.